The minimum Gasteiger partial charge on any atom is -0.354 e. The molecule has 0 radical (unpaired) electrons. The summed E-state index contributed by atoms with van der Waals surface area (Å²) in [5.74, 6) is 1.08. The van der Waals surface area contributed by atoms with Gasteiger partial charge in [0, 0.05) is 25.3 Å². The Kier molecular flexibility index (Phi) is 3.50. The minimum atomic E-state index is 0.648. The summed E-state index contributed by atoms with van der Waals surface area (Å²) in [4.78, 5) is 9.16. The Bertz CT molecular complexity index is 379. The summed E-state index contributed by atoms with van der Waals surface area (Å²) in [6.45, 7) is 4.23. The smallest absolute Gasteiger partial charge is 0.142 e. The standard InChI is InChI=1S/C12H18BrN3/c1-9-6-11(13)12(14-7-9)16-5-4-10(8-16)15(2)3/h6-7,10H,4-5,8H2,1-3H3. The van der Waals surface area contributed by atoms with Crippen molar-refractivity contribution in [2.45, 2.75) is 19.4 Å². The van der Waals surface area contributed by atoms with E-state index in [0.717, 1.165) is 23.4 Å². The van der Waals surface area contributed by atoms with Crippen LogP contribution in [0.2, 0.25) is 0 Å². The van der Waals surface area contributed by atoms with Gasteiger partial charge in [0.05, 0.1) is 4.47 Å². The van der Waals surface area contributed by atoms with E-state index in [1.165, 1.54) is 12.0 Å². The van der Waals surface area contributed by atoms with Crippen LogP contribution in [-0.2, 0) is 0 Å². The van der Waals surface area contributed by atoms with Gasteiger partial charge in [-0.2, -0.15) is 0 Å². The van der Waals surface area contributed by atoms with Crippen molar-refractivity contribution in [3.8, 4) is 0 Å². The number of rotatable bonds is 2. The molecule has 4 heteroatoms. The molecule has 16 heavy (non-hydrogen) atoms. The van der Waals surface area contributed by atoms with Crippen LogP contribution in [0.3, 0.4) is 0 Å². The number of likely N-dealkylation sites (N-methyl/N-ethyl adjacent to an activating group) is 1. The van der Waals surface area contributed by atoms with Gasteiger partial charge in [-0.05, 0) is 55.0 Å². The van der Waals surface area contributed by atoms with Gasteiger partial charge < -0.3 is 9.80 Å². The van der Waals surface area contributed by atoms with E-state index >= 15 is 0 Å². The van der Waals surface area contributed by atoms with Crippen molar-refractivity contribution in [3.63, 3.8) is 0 Å². The van der Waals surface area contributed by atoms with Gasteiger partial charge in [0.2, 0.25) is 0 Å². The lowest BCUT2D eigenvalue weighted by Crippen LogP contribution is -2.31. The average Bonchev–Trinajstić information content (AvgIpc) is 2.66. The van der Waals surface area contributed by atoms with Crippen LogP contribution in [0, 0.1) is 6.92 Å². The van der Waals surface area contributed by atoms with Gasteiger partial charge in [0.15, 0.2) is 0 Å². The topological polar surface area (TPSA) is 19.4 Å². The fourth-order valence-corrected chi connectivity index (χ4v) is 2.83. The molecule has 1 saturated heterocycles. The van der Waals surface area contributed by atoms with Gasteiger partial charge in [-0.25, -0.2) is 4.98 Å². The third-order valence-electron chi connectivity index (χ3n) is 3.15. The molecule has 1 atom stereocenters. The molecule has 1 aromatic heterocycles. The summed E-state index contributed by atoms with van der Waals surface area (Å²) in [5, 5.41) is 0. The molecule has 0 amide bonds. The quantitative estimate of drug-likeness (QED) is 0.830. The molecule has 2 rings (SSSR count). The van der Waals surface area contributed by atoms with Gasteiger partial charge in [0.1, 0.15) is 5.82 Å². The first-order valence-electron chi connectivity index (χ1n) is 5.61. The number of hydrogen-bond donors (Lipinski definition) is 0. The molecular formula is C12H18BrN3. The van der Waals surface area contributed by atoms with E-state index in [9.17, 15) is 0 Å². The van der Waals surface area contributed by atoms with Crippen molar-refractivity contribution < 1.29 is 0 Å². The van der Waals surface area contributed by atoms with Gasteiger partial charge in [0.25, 0.3) is 0 Å². The molecule has 0 aliphatic carbocycles. The van der Waals surface area contributed by atoms with Gasteiger partial charge in [-0.1, -0.05) is 0 Å². The Hall–Kier alpha value is -0.610. The van der Waals surface area contributed by atoms with Crippen LogP contribution in [0.1, 0.15) is 12.0 Å². The van der Waals surface area contributed by atoms with Crippen LogP contribution in [0.5, 0.6) is 0 Å². The highest BCUT2D eigenvalue weighted by atomic mass is 79.9. The number of pyridine rings is 1. The number of aryl methyl sites for hydroxylation is 1. The molecule has 1 aliphatic rings. The predicted octanol–water partition coefficient (Wildman–Crippen LogP) is 2.29. The van der Waals surface area contributed by atoms with Crippen molar-refractivity contribution in [2.24, 2.45) is 0 Å². The highest BCUT2D eigenvalue weighted by Gasteiger charge is 2.25. The van der Waals surface area contributed by atoms with E-state index in [1.54, 1.807) is 0 Å². The SMILES string of the molecule is Cc1cnc(N2CCC(N(C)C)C2)c(Br)c1. The highest BCUT2D eigenvalue weighted by molar-refractivity contribution is 9.10. The zero-order valence-corrected chi connectivity index (χ0v) is 11.7. The molecule has 0 aromatic carbocycles. The Balaban J connectivity index is 2.14. The first kappa shape index (κ1) is 11.9. The van der Waals surface area contributed by atoms with Crippen LogP contribution in [0.25, 0.3) is 0 Å². The molecular weight excluding hydrogens is 266 g/mol. The number of nitrogens with zero attached hydrogens (tertiary/aromatic N) is 3. The van der Waals surface area contributed by atoms with E-state index in [4.69, 9.17) is 0 Å². The molecule has 3 nitrogen and oxygen atoms in total. The summed E-state index contributed by atoms with van der Waals surface area (Å²) in [6.07, 6.45) is 3.15. The molecule has 0 saturated carbocycles. The Morgan fingerprint density at radius 2 is 2.25 bits per heavy atom. The van der Waals surface area contributed by atoms with E-state index in [0.29, 0.717) is 6.04 Å². The van der Waals surface area contributed by atoms with Crippen molar-refractivity contribution in [2.75, 3.05) is 32.1 Å². The second-order valence-corrected chi connectivity index (χ2v) is 5.52. The summed E-state index contributed by atoms with van der Waals surface area (Å²) >= 11 is 3.60. The van der Waals surface area contributed by atoms with Crippen LogP contribution in [0.15, 0.2) is 16.7 Å². The summed E-state index contributed by atoms with van der Waals surface area (Å²) in [7, 11) is 4.29. The maximum atomic E-state index is 4.51. The van der Waals surface area contributed by atoms with Crippen molar-refractivity contribution in [1.29, 1.82) is 0 Å². The molecule has 0 spiro atoms. The van der Waals surface area contributed by atoms with Crippen LogP contribution in [-0.4, -0.2) is 43.1 Å². The fraction of sp³-hybridized carbons (Fsp3) is 0.583. The Morgan fingerprint density at radius 1 is 1.50 bits per heavy atom. The molecule has 0 bridgehead atoms. The Morgan fingerprint density at radius 3 is 2.81 bits per heavy atom. The molecule has 1 aromatic rings. The third-order valence-corrected chi connectivity index (χ3v) is 3.74. The number of hydrogen-bond acceptors (Lipinski definition) is 3. The largest absolute Gasteiger partial charge is 0.354 e. The highest BCUT2D eigenvalue weighted by Crippen LogP contribution is 2.28. The van der Waals surface area contributed by atoms with E-state index in [1.807, 2.05) is 6.20 Å². The predicted molar refractivity (Wildman–Crippen MR) is 71.0 cm³/mol. The monoisotopic (exact) mass is 283 g/mol. The molecule has 2 heterocycles. The minimum absolute atomic E-state index is 0.648. The van der Waals surface area contributed by atoms with Crippen molar-refractivity contribution in [1.82, 2.24) is 9.88 Å². The van der Waals surface area contributed by atoms with Gasteiger partial charge in [-0.15, -0.1) is 0 Å². The molecule has 0 N–H and O–H groups in total. The Labute approximate surface area is 106 Å². The van der Waals surface area contributed by atoms with Crippen molar-refractivity contribution in [3.05, 3.63) is 22.3 Å². The van der Waals surface area contributed by atoms with Crippen LogP contribution < -0.4 is 4.90 Å². The molecule has 1 aliphatic heterocycles. The zero-order valence-electron chi connectivity index (χ0n) is 10.1. The number of anilines is 1. The lowest BCUT2D eigenvalue weighted by atomic mass is 10.2. The third kappa shape index (κ3) is 2.38. The first-order valence-corrected chi connectivity index (χ1v) is 6.40. The zero-order chi connectivity index (χ0) is 11.7. The van der Waals surface area contributed by atoms with Crippen LogP contribution >= 0.6 is 15.9 Å². The van der Waals surface area contributed by atoms with E-state index < -0.39 is 0 Å². The second-order valence-electron chi connectivity index (χ2n) is 4.67. The fourth-order valence-electron chi connectivity index (χ4n) is 2.11. The maximum absolute atomic E-state index is 4.51. The summed E-state index contributed by atoms with van der Waals surface area (Å²) in [6, 6.07) is 2.78. The first-order chi connectivity index (χ1) is 7.58. The van der Waals surface area contributed by atoms with Gasteiger partial charge >= 0.3 is 0 Å². The van der Waals surface area contributed by atoms with Crippen LogP contribution in [0.4, 0.5) is 5.82 Å². The summed E-state index contributed by atoms with van der Waals surface area (Å²) in [5.41, 5.74) is 1.19. The van der Waals surface area contributed by atoms with E-state index in [-0.39, 0.29) is 0 Å². The number of halogens is 1. The summed E-state index contributed by atoms with van der Waals surface area (Å²) < 4.78 is 1.10. The lowest BCUT2D eigenvalue weighted by Gasteiger charge is -2.21. The van der Waals surface area contributed by atoms with Gasteiger partial charge in [-0.3, -0.25) is 0 Å². The normalized spacial score (nSPS) is 20.8. The molecule has 1 unspecified atom stereocenters. The number of aromatic nitrogens is 1. The van der Waals surface area contributed by atoms with Crippen molar-refractivity contribution >= 4 is 21.7 Å². The molecule has 88 valence electrons. The lowest BCUT2D eigenvalue weighted by molar-refractivity contribution is 0.315. The second kappa shape index (κ2) is 4.72. The molecule has 1 fully saturated rings. The average molecular weight is 284 g/mol. The van der Waals surface area contributed by atoms with E-state index in [2.05, 4.69) is 57.8 Å². The maximum Gasteiger partial charge on any atom is 0.142 e.